The average Bonchev–Trinajstić information content (AvgIpc) is 2.69. The topological polar surface area (TPSA) is 72.0 Å². The van der Waals surface area contributed by atoms with Gasteiger partial charge in [-0.2, -0.15) is 0 Å². The Morgan fingerprint density at radius 1 is 1.29 bits per heavy atom. The van der Waals surface area contributed by atoms with E-state index in [2.05, 4.69) is 30.6 Å². The van der Waals surface area contributed by atoms with Gasteiger partial charge in [-0.3, -0.25) is 4.72 Å². The van der Waals surface area contributed by atoms with Crippen molar-refractivity contribution in [3.05, 3.63) is 34.0 Å². The van der Waals surface area contributed by atoms with Crippen molar-refractivity contribution in [2.24, 2.45) is 0 Å². The first kappa shape index (κ1) is 12.5. The van der Waals surface area contributed by atoms with Crippen LogP contribution in [0.5, 0.6) is 0 Å². The van der Waals surface area contributed by atoms with Crippen LogP contribution < -0.4 is 4.72 Å². The first-order chi connectivity index (χ1) is 7.97. The van der Waals surface area contributed by atoms with E-state index < -0.39 is 10.0 Å². The lowest BCUT2D eigenvalue weighted by atomic mass is 10.5. The molecule has 2 rings (SSSR count). The summed E-state index contributed by atoms with van der Waals surface area (Å²) in [6.07, 6.45) is 2.86. The van der Waals surface area contributed by atoms with Crippen LogP contribution in [0.15, 0.2) is 33.2 Å². The normalized spacial score (nSPS) is 11.4. The Balaban J connectivity index is 2.26. The maximum absolute atomic E-state index is 11.9. The lowest BCUT2D eigenvalue weighted by Crippen LogP contribution is -2.12. The lowest BCUT2D eigenvalue weighted by Gasteiger charge is -2.04. The molecule has 0 spiro atoms. The molecule has 0 aromatic carbocycles. The van der Waals surface area contributed by atoms with Crippen molar-refractivity contribution >= 4 is 43.1 Å². The van der Waals surface area contributed by atoms with Gasteiger partial charge >= 0.3 is 0 Å². The molecule has 17 heavy (non-hydrogen) atoms. The molecule has 0 fully saturated rings. The van der Waals surface area contributed by atoms with Gasteiger partial charge in [0.25, 0.3) is 10.0 Å². The molecule has 0 bridgehead atoms. The smallest absolute Gasteiger partial charge is 0.263 e. The molecule has 0 aliphatic rings. The largest absolute Gasteiger partial charge is 0.274 e. The maximum Gasteiger partial charge on any atom is 0.274 e. The van der Waals surface area contributed by atoms with E-state index in [4.69, 9.17) is 0 Å². The Morgan fingerprint density at radius 3 is 2.59 bits per heavy atom. The van der Waals surface area contributed by atoms with Crippen molar-refractivity contribution in [2.75, 3.05) is 4.72 Å². The summed E-state index contributed by atoms with van der Waals surface area (Å²) in [7, 11) is -3.58. The summed E-state index contributed by atoms with van der Waals surface area (Å²) in [6.45, 7) is 1.75. The molecule has 2 aromatic heterocycles. The fourth-order valence-corrected chi connectivity index (χ4v) is 3.44. The molecule has 2 heterocycles. The summed E-state index contributed by atoms with van der Waals surface area (Å²) in [4.78, 5) is 7.85. The Labute approximate surface area is 111 Å². The minimum absolute atomic E-state index is 0.180. The molecule has 0 saturated carbocycles. The monoisotopic (exact) mass is 333 g/mol. The molecule has 0 saturated heterocycles. The number of thiazole rings is 1. The number of nitrogens with one attached hydrogen (secondary N) is 1. The molecule has 0 aliphatic heterocycles. The first-order valence-electron chi connectivity index (χ1n) is 4.54. The highest BCUT2D eigenvalue weighted by atomic mass is 79.9. The van der Waals surface area contributed by atoms with Gasteiger partial charge in [-0.25, -0.2) is 18.4 Å². The minimum Gasteiger partial charge on any atom is -0.263 e. The zero-order chi connectivity index (χ0) is 12.5. The maximum atomic E-state index is 11.9. The Morgan fingerprint density at radius 2 is 2.06 bits per heavy atom. The average molecular weight is 334 g/mol. The van der Waals surface area contributed by atoms with E-state index in [1.54, 1.807) is 19.1 Å². The van der Waals surface area contributed by atoms with Crippen molar-refractivity contribution in [3.63, 3.8) is 0 Å². The van der Waals surface area contributed by atoms with Crippen LogP contribution >= 0.6 is 27.3 Å². The third-order valence-corrected chi connectivity index (χ3v) is 5.03. The second kappa shape index (κ2) is 4.71. The summed E-state index contributed by atoms with van der Waals surface area (Å²) in [5.41, 5.74) is 0. The van der Waals surface area contributed by atoms with E-state index in [1.807, 2.05) is 0 Å². The number of hydrogen-bond acceptors (Lipinski definition) is 5. The SMILES string of the molecule is Cc1ncc(S(=O)(=O)Nc2ccc(Br)cn2)s1. The van der Waals surface area contributed by atoms with Gasteiger partial charge in [0.15, 0.2) is 4.21 Å². The molecule has 0 radical (unpaired) electrons. The predicted octanol–water partition coefficient (Wildman–Crippen LogP) is 2.41. The zero-order valence-electron chi connectivity index (χ0n) is 8.71. The van der Waals surface area contributed by atoms with Gasteiger partial charge in [0.05, 0.1) is 11.2 Å². The van der Waals surface area contributed by atoms with Crippen LogP contribution in [0.25, 0.3) is 0 Å². The fraction of sp³-hybridized carbons (Fsp3) is 0.111. The quantitative estimate of drug-likeness (QED) is 0.936. The van der Waals surface area contributed by atoms with Gasteiger partial charge in [0.2, 0.25) is 0 Å². The molecule has 0 unspecified atom stereocenters. The Hall–Kier alpha value is -0.990. The van der Waals surface area contributed by atoms with Crippen LogP contribution in [-0.2, 0) is 10.0 Å². The molecule has 0 atom stereocenters. The Bertz CT molecular complexity index is 622. The number of hydrogen-bond donors (Lipinski definition) is 1. The number of rotatable bonds is 3. The van der Waals surface area contributed by atoms with E-state index in [9.17, 15) is 8.42 Å². The first-order valence-corrected chi connectivity index (χ1v) is 7.63. The summed E-state index contributed by atoms with van der Waals surface area (Å²) >= 11 is 4.34. The van der Waals surface area contributed by atoms with E-state index in [1.165, 1.54) is 12.4 Å². The van der Waals surface area contributed by atoms with Crippen LogP contribution in [0.1, 0.15) is 5.01 Å². The Kier molecular flexibility index (Phi) is 3.45. The van der Waals surface area contributed by atoms with Crippen molar-refractivity contribution in [1.82, 2.24) is 9.97 Å². The molecule has 1 N–H and O–H groups in total. The number of halogens is 1. The van der Waals surface area contributed by atoms with Gasteiger partial charge in [0.1, 0.15) is 5.82 Å². The van der Waals surface area contributed by atoms with E-state index >= 15 is 0 Å². The molecular weight excluding hydrogens is 326 g/mol. The van der Waals surface area contributed by atoms with E-state index in [-0.39, 0.29) is 10.0 Å². The van der Waals surface area contributed by atoms with Crippen LogP contribution in [-0.4, -0.2) is 18.4 Å². The number of anilines is 1. The zero-order valence-corrected chi connectivity index (χ0v) is 11.9. The second-order valence-electron chi connectivity index (χ2n) is 3.17. The lowest BCUT2D eigenvalue weighted by molar-refractivity contribution is 0.603. The van der Waals surface area contributed by atoms with Gasteiger partial charge < -0.3 is 0 Å². The molecule has 5 nitrogen and oxygen atoms in total. The number of aromatic nitrogens is 2. The van der Waals surface area contributed by atoms with Crippen LogP contribution in [0.4, 0.5) is 5.82 Å². The number of nitrogens with zero attached hydrogens (tertiary/aromatic N) is 2. The number of aryl methyl sites for hydroxylation is 1. The van der Waals surface area contributed by atoms with E-state index in [0.717, 1.165) is 15.8 Å². The van der Waals surface area contributed by atoms with Gasteiger partial charge in [0, 0.05) is 10.7 Å². The molecule has 0 aliphatic carbocycles. The highest BCUT2D eigenvalue weighted by Crippen LogP contribution is 2.21. The van der Waals surface area contributed by atoms with E-state index in [0.29, 0.717) is 5.01 Å². The number of sulfonamides is 1. The standard InChI is InChI=1S/C9H8BrN3O2S2/c1-6-11-5-9(16-6)17(14,15)13-8-3-2-7(10)4-12-8/h2-5H,1H3,(H,12,13). The van der Waals surface area contributed by atoms with Crippen molar-refractivity contribution in [3.8, 4) is 0 Å². The second-order valence-corrected chi connectivity index (χ2v) is 7.23. The van der Waals surface area contributed by atoms with Crippen molar-refractivity contribution in [1.29, 1.82) is 0 Å². The molecule has 0 amide bonds. The van der Waals surface area contributed by atoms with Gasteiger partial charge in [-0.15, -0.1) is 11.3 Å². The van der Waals surface area contributed by atoms with Crippen LogP contribution in [0.3, 0.4) is 0 Å². The highest BCUT2D eigenvalue weighted by Gasteiger charge is 2.17. The van der Waals surface area contributed by atoms with Crippen LogP contribution in [0, 0.1) is 6.92 Å². The third-order valence-electron chi connectivity index (χ3n) is 1.83. The number of pyridine rings is 1. The summed E-state index contributed by atoms with van der Waals surface area (Å²) in [5, 5.41) is 0.703. The van der Waals surface area contributed by atoms with Crippen molar-refractivity contribution in [2.45, 2.75) is 11.1 Å². The summed E-state index contributed by atoms with van der Waals surface area (Å²) in [5.74, 6) is 0.277. The molecular formula is C9H8BrN3O2S2. The summed E-state index contributed by atoms with van der Waals surface area (Å²) < 4.78 is 27.2. The van der Waals surface area contributed by atoms with Crippen LogP contribution in [0.2, 0.25) is 0 Å². The summed E-state index contributed by atoms with van der Waals surface area (Å²) in [6, 6.07) is 3.29. The minimum atomic E-state index is -3.58. The highest BCUT2D eigenvalue weighted by molar-refractivity contribution is 9.10. The predicted molar refractivity (Wildman–Crippen MR) is 69.6 cm³/mol. The fourth-order valence-electron chi connectivity index (χ4n) is 1.09. The third kappa shape index (κ3) is 3.02. The molecule has 2 aromatic rings. The molecule has 90 valence electrons. The van der Waals surface area contributed by atoms with Crippen molar-refractivity contribution < 1.29 is 8.42 Å². The van der Waals surface area contributed by atoms with Gasteiger partial charge in [-0.1, -0.05) is 0 Å². The van der Waals surface area contributed by atoms with Gasteiger partial charge in [-0.05, 0) is 35.0 Å². The molecule has 8 heteroatoms.